The molecule has 0 aromatic carbocycles. The Morgan fingerprint density at radius 3 is 2.16 bits per heavy atom. The van der Waals surface area contributed by atoms with Crippen LogP contribution in [0.1, 0.15) is 47.8 Å². The summed E-state index contributed by atoms with van der Waals surface area (Å²) in [5.74, 6) is -3.63. The number of ether oxygens (including phenoxy) is 6. The number of hydrogen-bond donors (Lipinski definition) is 2. The van der Waals surface area contributed by atoms with Gasteiger partial charge in [0.1, 0.15) is 0 Å². The van der Waals surface area contributed by atoms with Crippen molar-refractivity contribution in [3.8, 4) is 5.88 Å². The fraction of sp³-hybridized carbons (Fsp3) is 0.696. The Bertz CT molecular complexity index is 1410. The topological polar surface area (TPSA) is 224 Å². The van der Waals surface area contributed by atoms with Gasteiger partial charge in [-0.2, -0.15) is 9.97 Å². The molecule has 0 radical (unpaired) electrons. The Kier molecular flexibility index (Phi) is 9.26. The normalized spacial score (nSPS) is 27.8. The predicted octanol–water partition coefficient (Wildman–Crippen LogP) is 3.04. The number of alkyl halides is 2. The van der Waals surface area contributed by atoms with Crippen molar-refractivity contribution in [2.75, 3.05) is 25.9 Å². The first-order chi connectivity index (χ1) is 20.5. The summed E-state index contributed by atoms with van der Waals surface area (Å²) in [4.78, 5) is 35.3. The van der Waals surface area contributed by atoms with Crippen LogP contribution in [0.15, 0.2) is 6.33 Å². The molecule has 4 rings (SSSR count). The maximum atomic E-state index is 16.4. The smallest absolute Gasteiger partial charge is 0.476 e. The third-order valence-corrected chi connectivity index (χ3v) is 7.57. The van der Waals surface area contributed by atoms with Gasteiger partial charge in [-0.1, -0.05) is 0 Å². The molecule has 2 aromatic heterocycles. The number of nitrogens with zero attached hydrogens (tertiary/aromatic N) is 4. The molecule has 0 spiro atoms. The number of aliphatic hydroxyl groups is 1. The third kappa shape index (κ3) is 6.09. The molecule has 0 amide bonds. The Balaban J connectivity index is 1.54. The molecule has 2 fully saturated rings. The SMILES string of the molecule is CCOc1nc(N)nc2c1ncn2[C@@H]1O[C@]2(F)C(OP(=O)(OCOC(=O)OC(C)C)OCOC(=O)OC(C)C)[C@@]2(O)[C@@]1(C)F. The monoisotopic (exact) mass is 655 g/mol. The lowest BCUT2D eigenvalue weighted by atomic mass is 9.97. The van der Waals surface area contributed by atoms with Crippen LogP contribution in [0, 0.1) is 0 Å². The molecule has 246 valence electrons. The van der Waals surface area contributed by atoms with Gasteiger partial charge in [0.05, 0.1) is 25.1 Å². The van der Waals surface area contributed by atoms with Crippen molar-refractivity contribution in [2.24, 2.45) is 0 Å². The van der Waals surface area contributed by atoms with Crippen molar-refractivity contribution in [2.45, 2.75) is 83.2 Å². The second kappa shape index (κ2) is 12.2. The molecule has 3 N–H and O–H groups in total. The van der Waals surface area contributed by atoms with Gasteiger partial charge in [-0.15, -0.1) is 0 Å². The first kappa shape index (κ1) is 33.5. The van der Waals surface area contributed by atoms with Crippen molar-refractivity contribution >= 4 is 37.2 Å². The maximum Gasteiger partial charge on any atom is 0.510 e. The molecule has 1 aliphatic carbocycles. The van der Waals surface area contributed by atoms with Crippen LogP contribution in [0.3, 0.4) is 0 Å². The molecule has 1 saturated carbocycles. The maximum absolute atomic E-state index is 16.4. The van der Waals surface area contributed by atoms with E-state index in [1.807, 2.05) is 0 Å². The van der Waals surface area contributed by atoms with E-state index < -0.39 is 75.4 Å². The van der Waals surface area contributed by atoms with E-state index in [4.69, 9.17) is 38.3 Å². The first-order valence-corrected chi connectivity index (χ1v) is 14.6. The standard InChI is InChI=1S/C23H32F2N5O13P/c1-7-35-15-13-14(28-18(26)29-15)30(8-27-13)17-21(6,24)22(33)16(23(22,25)42-17)43-44(34,38-9-36-19(31)40-11(2)3)39-10-37-20(32)41-12(4)5/h8,11-12,16-17,33H,7,9-10H2,1-6H3,(H2,26,28,29)/t16?,17-,21+,22-,23-/m1/s1. The summed E-state index contributed by atoms with van der Waals surface area (Å²) in [6.07, 6.45) is -6.82. The number of phosphoric ester groups is 1. The van der Waals surface area contributed by atoms with Crippen molar-refractivity contribution < 1.29 is 70.0 Å². The average molecular weight is 656 g/mol. The lowest BCUT2D eigenvalue weighted by molar-refractivity contribution is -0.160. The quantitative estimate of drug-likeness (QED) is 0.180. The van der Waals surface area contributed by atoms with Crippen LogP contribution in [-0.4, -0.2) is 92.6 Å². The van der Waals surface area contributed by atoms with Gasteiger partial charge in [0, 0.05) is 0 Å². The fourth-order valence-corrected chi connectivity index (χ4v) is 5.41. The van der Waals surface area contributed by atoms with Gasteiger partial charge in [-0.3, -0.25) is 9.09 Å². The Morgan fingerprint density at radius 1 is 1.11 bits per heavy atom. The summed E-state index contributed by atoms with van der Waals surface area (Å²) in [6.45, 7) is 6.47. The Morgan fingerprint density at radius 2 is 1.68 bits per heavy atom. The van der Waals surface area contributed by atoms with E-state index in [1.165, 1.54) is 27.7 Å². The number of imidazole rings is 1. The van der Waals surface area contributed by atoms with Gasteiger partial charge < -0.3 is 39.3 Å². The van der Waals surface area contributed by atoms with Gasteiger partial charge in [-0.05, 0) is 41.5 Å². The second-order valence-corrected chi connectivity index (χ2v) is 11.8. The number of nitrogens with two attached hydrogens (primary N) is 1. The summed E-state index contributed by atoms with van der Waals surface area (Å²) in [7, 11) is -5.11. The van der Waals surface area contributed by atoms with E-state index in [-0.39, 0.29) is 29.6 Å². The summed E-state index contributed by atoms with van der Waals surface area (Å²) in [6, 6.07) is 0. The summed E-state index contributed by atoms with van der Waals surface area (Å²) in [5, 5.41) is 11.2. The summed E-state index contributed by atoms with van der Waals surface area (Å²) < 4.78 is 90.9. The van der Waals surface area contributed by atoms with Crippen molar-refractivity contribution in [3.63, 3.8) is 0 Å². The van der Waals surface area contributed by atoms with E-state index in [9.17, 15) is 19.3 Å². The highest BCUT2D eigenvalue weighted by molar-refractivity contribution is 7.48. The van der Waals surface area contributed by atoms with Crippen LogP contribution in [0.25, 0.3) is 11.2 Å². The molecule has 1 unspecified atom stereocenters. The van der Waals surface area contributed by atoms with Gasteiger partial charge in [0.15, 0.2) is 34.8 Å². The van der Waals surface area contributed by atoms with E-state index in [1.54, 1.807) is 6.92 Å². The van der Waals surface area contributed by atoms with Crippen molar-refractivity contribution in [3.05, 3.63) is 6.33 Å². The predicted molar refractivity (Wildman–Crippen MR) is 139 cm³/mol. The van der Waals surface area contributed by atoms with Crippen LogP contribution >= 0.6 is 7.82 Å². The van der Waals surface area contributed by atoms with Gasteiger partial charge in [-0.25, -0.2) is 37.0 Å². The van der Waals surface area contributed by atoms with Crippen molar-refractivity contribution in [1.29, 1.82) is 0 Å². The van der Waals surface area contributed by atoms with Crippen LogP contribution < -0.4 is 10.5 Å². The number of anilines is 1. The molecule has 2 aromatic rings. The highest BCUT2D eigenvalue weighted by Crippen LogP contribution is 2.73. The zero-order chi connectivity index (χ0) is 32.7. The molecule has 0 bridgehead atoms. The number of nitrogen functional groups attached to an aromatic ring is 1. The van der Waals surface area contributed by atoms with Gasteiger partial charge >= 0.3 is 20.1 Å². The number of fused-ring (bicyclic) bond motifs is 2. The number of phosphoric acid groups is 1. The van der Waals surface area contributed by atoms with Crippen LogP contribution in [0.2, 0.25) is 0 Å². The molecule has 18 nitrogen and oxygen atoms in total. The lowest BCUT2D eigenvalue weighted by Crippen LogP contribution is -2.45. The Hall–Kier alpha value is -3.42. The van der Waals surface area contributed by atoms with E-state index >= 15 is 8.78 Å². The summed E-state index contributed by atoms with van der Waals surface area (Å²) >= 11 is 0. The highest BCUT2D eigenvalue weighted by atomic mass is 31.2. The minimum atomic E-state index is -5.11. The summed E-state index contributed by atoms with van der Waals surface area (Å²) in [5.41, 5.74) is -0.454. The minimum absolute atomic E-state index is 0.0263. The largest absolute Gasteiger partial charge is 0.510 e. The average Bonchev–Trinajstić information content (AvgIpc) is 3.14. The van der Waals surface area contributed by atoms with E-state index in [0.29, 0.717) is 0 Å². The molecule has 21 heteroatoms. The minimum Gasteiger partial charge on any atom is -0.476 e. The lowest BCUT2D eigenvalue weighted by Gasteiger charge is -2.30. The zero-order valence-electron chi connectivity index (χ0n) is 24.4. The fourth-order valence-electron chi connectivity index (χ4n) is 4.31. The van der Waals surface area contributed by atoms with Crippen LogP contribution in [0.5, 0.6) is 5.88 Å². The van der Waals surface area contributed by atoms with Crippen LogP contribution in [0.4, 0.5) is 24.3 Å². The number of carbonyl (C=O) groups is 2. The third-order valence-electron chi connectivity index (χ3n) is 6.26. The molecule has 2 aliphatic rings. The van der Waals surface area contributed by atoms with Gasteiger partial charge in [0.2, 0.25) is 25.4 Å². The molecule has 44 heavy (non-hydrogen) atoms. The number of carbonyl (C=O) groups excluding carboxylic acids is 2. The van der Waals surface area contributed by atoms with Gasteiger partial charge in [0.25, 0.3) is 5.85 Å². The van der Waals surface area contributed by atoms with Crippen molar-refractivity contribution in [1.82, 2.24) is 19.5 Å². The first-order valence-electron chi connectivity index (χ1n) is 13.1. The Labute approximate surface area is 248 Å². The molecule has 1 aliphatic heterocycles. The number of hydrogen-bond acceptors (Lipinski definition) is 17. The molecule has 5 atom stereocenters. The van der Waals surface area contributed by atoms with E-state index in [2.05, 4.69) is 24.4 Å². The highest BCUT2D eigenvalue weighted by Gasteiger charge is 2.96. The number of halogens is 2. The van der Waals surface area contributed by atoms with E-state index in [0.717, 1.165) is 17.8 Å². The molecule has 1 saturated heterocycles. The second-order valence-electron chi connectivity index (χ2n) is 10.1. The van der Waals surface area contributed by atoms with Crippen LogP contribution in [-0.2, 0) is 41.8 Å². The number of rotatable bonds is 13. The molecule has 3 heterocycles. The molecular weight excluding hydrogens is 623 g/mol. The molecular formula is C23H32F2N5O13P. The zero-order valence-corrected chi connectivity index (χ0v) is 25.3. The number of aromatic nitrogens is 4.